The third kappa shape index (κ3) is 5.45. The Hall–Kier alpha value is -2.04. The number of carbonyl (C=O) groups excluding carboxylic acids is 2. The summed E-state index contributed by atoms with van der Waals surface area (Å²) in [5, 5.41) is 0. The van der Waals surface area contributed by atoms with Crippen LogP contribution in [0.5, 0.6) is 5.75 Å². The molecule has 1 aromatic rings. The Morgan fingerprint density at radius 2 is 1.81 bits per heavy atom. The van der Waals surface area contributed by atoms with E-state index < -0.39 is 0 Å². The van der Waals surface area contributed by atoms with E-state index in [-0.39, 0.29) is 24.3 Å². The molecule has 0 saturated carbocycles. The Balaban J connectivity index is 2.41. The van der Waals surface area contributed by atoms with E-state index in [4.69, 9.17) is 4.74 Å². The molecule has 0 unspecified atom stereocenters. The highest BCUT2D eigenvalue weighted by Crippen LogP contribution is 2.18. The van der Waals surface area contributed by atoms with Crippen molar-refractivity contribution in [3.8, 4) is 5.75 Å². The summed E-state index contributed by atoms with van der Waals surface area (Å²) in [4.78, 5) is 23.4. The van der Waals surface area contributed by atoms with Crippen molar-refractivity contribution in [1.29, 1.82) is 0 Å². The largest absolute Gasteiger partial charge is 0.483 e. The van der Waals surface area contributed by atoms with Crippen LogP contribution >= 0.6 is 0 Å². The number of rotatable bonds is 6. The van der Waals surface area contributed by atoms with Gasteiger partial charge in [0.05, 0.1) is 0 Å². The average Bonchev–Trinajstić information content (AvgIpc) is 2.47. The van der Waals surface area contributed by atoms with Crippen molar-refractivity contribution in [3.63, 3.8) is 0 Å². The summed E-state index contributed by atoms with van der Waals surface area (Å²) >= 11 is 0. The van der Waals surface area contributed by atoms with Crippen molar-refractivity contribution in [2.75, 3.05) is 6.61 Å². The molecule has 0 heterocycles. The van der Waals surface area contributed by atoms with Crippen LogP contribution in [0.25, 0.3) is 0 Å². The van der Waals surface area contributed by atoms with Crippen LogP contribution in [-0.4, -0.2) is 18.4 Å². The van der Waals surface area contributed by atoms with E-state index in [1.54, 1.807) is 0 Å². The van der Waals surface area contributed by atoms with Gasteiger partial charge in [-0.25, -0.2) is 0 Å². The van der Waals surface area contributed by atoms with Crippen LogP contribution in [-0.2, 0) is 9.59 Å². The van der Waals surface area contributed by atoms with Crippen molar-refractivity contribution in [1.82, 2.24) is 10.9 Å². The Morgan fingerprint density at radius 1 is 1.14 bits per heavy atom. The van der Waals surface area contributed by atoms with E-state index in [1.807, 2.05) is 45.9 Å². The molecule has 0 bridgehead atoms. The van der Waals surface area contributed by atoms with Gasteiger partial charge in [0.25, 0.3) is 5.91 Å². The fourth-order valence-corrected chi connectivity index (χ4v) is 1.94. The van der Waals surface area contributed by atoms with Gasteiger partial charge < -0.3 is 4.74 Å². The van der Waals surface area contributed by atoms with Crippen LogP contribution in [0.1, 0.15) is 37.8 Å². The number of benzene rings is 1. The maximum Gasteiger partial charge on any atom is 0.276 e. The van der Waals surface area contributed by atoms with Gasteiger partial charge >= 0.3 is 0 Å². The molecule has 5 heteroatoms. The fourth-order valence-electron chi connectivity index (χ4n) is 1.94. The van der Waals surface area contributed by atoms with Gasteiger partial charge in [-0.3, -0.25) is 20.4 Å². The smallest absolute Gasteiger partial charge is 0.276 e. The van der Waals surface area contributed by atoms with Gasteiger partial charge in [-0.2, -0.15) is 0 Å². The summed E-state index contributed by atoms with van der Waals surface area (Å²) in [6, 6.07) is 5.81. The van der Waals surface area contributed by atoms with Crippen LogP contribution in [0.4, 0.5) is 0 Å². The lowest BCUT2D eigenvalue weighted by atomic mass is 10.0. The predicted molar refractivity (Wildman–Crippen MR) is 81.8 cm³/mol. The van der Waals surface area contributed by atoms with Crippen molar-refractivity contribution >= 4 is 11.8 Å². The van der Waals surface area contributed by atoms with Crippen molar-refractivity contribution in [2.24, 2.45) is 5.92 Å². The lowest BCUT2D eigenvalue weighted by molar-refractivity contribution is -0.132. The normalized spacial score (nSPS) is 10.3. The highest BCUT2D eigenvalue weighted by atomic mass is 16.5. The molecule has 21 heavy (non-hydrogen) atoms. The van der Waals surface area contributed by atoms with Crippen molar-refractivity contribution in [3.05, 3.63) is 29.3 Å². The number of carbonyl (C=O) groups is 2. The Kier molecular flexibility index (Phi) is 6.72. The number of nitrogens with one attached hydrogen (secondary N) is 2. The second-order valence-electron chi connectivity index (χ2n) is 5.11. The molecule has 0 fully saturated rings. The number of hydrogen-bond acceptors (Lipinski definition) is 3. The van der Waals surface area contributed by atoms with E-state index in [2.05, 4.69) is 10.9 Å². The van der Waals surface area contributed by atoms with Gasteiger partial charge in [0.2, 0.25) is 5.91 Å². The molecule has 2 amide bonds. The highest BCUT2D eigenvalue weighted by molar-refractivity contribution is 5.83. The van der Waals surface area contributed by atoms with Gasteiger partial charge in [-0.05, 0) is 43.9 Å². The van der Waals surface area contributed by atoms with E-state index in [1.165, 1.54) is 0 Å². The molecule has 1 rings (SSSR count). The lowest BCUT2D eigenvalue weighted by Crippen LogP contribution is -2.46. The van der Waals surface area contributed by atoms with E-state index in [0.717, 1.165) is 24.0 Å². The van der Waals surface area contributed by atoms with Gasteiger partial charge in [-0.15, -0.1) is 0 Å². The molecule has 0 aliphatic heterocycles. The summed E-state index contributed by atoms with van der Waals surface area (Å²) in [5.41, 5.74) is 6.84. The van der Waals surface area contributed by atoms with Crippen LogP contribution in [0.3, 0.4) is 0 Å². The molecule has 1 aromatic carbocycles. The van der Waals surface area contributed by atoms with Crippen molar-refractivity contribution < 1.29 is 14.3 Å². The minimum Gasteiger partial charge on any atom is -0.483 e. The number of hydrogen-bond donors (Lipinski definition) is 2. The van der Waals surface area contributed by atoms with Crippen LogP contribution < -0.4 is 15.6 Å². The van der Waals surface area contributed by atoms with E-state index >= 15 is 0 Å². The Morgan fingerprint density at radius 3 is 2.43 bits per heavy atom. The standard InChI is InChI=1S/C16H24N2O3/c1-5-13(6-2)16(20)18-17-15(19)10-21-14-9-11(3)7-8-12(14)4/h7-9,13H,5-6,10H2,1-4H3,(H,17,19)(H,18,20). The maximum atomic E-state index is 11.7. The molecule has 0 saturated heterocycles. The quantitative estimate of drug-likeness (QED) is 0.790. The number of ether oxygens (including phenoxy) is 1. The highest BCUT2D eigenvalue weighted by Gasteiger charge is 2.14. The Labute approximate surface area is 126 Å². The maximum absolute atomic E-state index is 11.7. The van der Waals surface area contributed by atoms with Gasteiger partial charge in [-0.1, -0.05) is 26.0 Å². The van der Waals surface area contributed by atoms with Crippen LogP contribution in [0.15, 0.2) is 18.2 Å². The monoisotopic (exact) mass is 292 g/mol. The SMILES string of the molecule is CCC(CC)C(=O)NNC(=O)COc1cc(C)ccc1C. The third-order valence-corrected chi connectivity index (χ3v) is 3.38. The van der Waals surface area contributed by atoms with E-state index in [9.17, 15) is 9.59 Å². The summed E-state index contributed by atoms with van der Waals surface area (Å²) < 4.78 is 5.46. The number of aryl methyl sites for hydroxylation is 2. The second kappa shape index (κ2) is 8.29. The molecule has 0 spiro atoms. The topological polar surface area (TPSA) is 67.4 Å². The average molecular weight is 292 g/mol. The third-order valence-electron chi connectivity index (χ3n) is 3.38. The molecule has 0 radical (unpaired) electrons. The zero-order valence-corrected chi connectivity index (χ0v) is 13.2. The molecule has 0 aliphatic rings. The minimum atomic E-state index is -0.379. The van der Waals surface area contributed by atoms with Gasteiger partial charge in [0.15, 0.2) is 6.61 Å². The first-order valence-electron chi connectivity index (χ1n) is 7.26. The first-order chi connectivity index (χ1) is 9.97. The van der Waals surface area contributed by atoms with Gasteiger partial charge in [0, 0.05) is 5.92 Å². The Bertz CT molecular complexity index is 496. The first kappa shape index (κ1) is 17.0. The summed E-state index contributed by atoms with van der Waals surface area (Å²) in [5.74, 6) is 0.0528. The number of amides is 2. The first-order valence-corrected chi connectivity index (χ1v) is 7.26. The predicted octanol–water partition coefficient (Wildman–Crippen LogP) is 2.27. The van der Waals surface area contributed by atoms with Gasteiger partial charge in [0.1, 0.15) is 5.75 Å². The zero-order chi connectivity index (χ0) is 15.8. The summed E-state index contributed by atoms with van der Waals surface area (Å²) in [6.45, 7) is 7.63. The molecular formula is C16H24N2O3. The second-order valence-corrected chi connectivity index (χ2v) is 5.11. The molecule has 2 N–H and O–H groups in total. The molecule has 116 valence electrons. The lowest BCUT2D eigenvalue weighted by Gasteiger charge is -2.14. The van der Waals surface area contributed by atoms with Crippen LogP contribution in [0.2, 0.25) is 0 Å². The molecule has 0 atom stereocenters. The molecule has 5 nitrogen and oxygen atoms in total. The summed E-state index contributed by atoms with van der Waals surface area (Å²) in [6.07, 6.45) is 1.49. The zero-order valence-electron chi connectivity index (χ0n) is 13.2. The molecule has 0 aliphatic carbocycles. The van der Waals surface area contributed by atoms with E-state index in [0.29, 0.717) is 5.75 Å². The van der Waals surface area contributed by atoms with Crippen LogP contribution in [0, 0.1) is 19.8 Å². The van der Waals surface area contributed by atoms with Crippen molar-refractivity contribution in [2.45, 2.75) is 40.5 Å². The fraction of sp³-hybridized carbons (Fsp3) is 0.500. The molecular weight excluding hydrogens is 268 g/mol. The molecule has 0 aromatic heterocycles. The number of hydrazine groups is 1. The minimum absolute atomic E-state index is 0.0785. The summed E-state index contributed by atoms with van der Waals surface area (Å²) in [7, 11) is 0.